The van der Waals surface area contributed by atoms with Crippen LogP contribution in [0.15, 0.2) is 0 Å². The second-order valence-electron chi connectivity index (χ2n) is 6.51. The molecule has 16 heavy (non-hydrogen) atoms. The molecule has 1 rings (SSSR count). The standard InChI is InChI=1S/C11H22ClNO2S/c1-10(2,3)7-16(14,15)13-9-6-8(12)11(9,4)5/h8-9,13H,6-7H2,1-5H3. The number of sulfonamides is 1. The van der Waals surface area contributed by atoms with E-state index in [4.69, 9.17) is 11.6 Å². The van der Waals surface area contributed by atoms with E-state index in [0.29, 0.717) is 0 Å². The Hall–Kier alpha value is 0.200. The zero-order chi connectivity index (χ0) is 12.8. The molecule has 2 atom stereocenters. The van der Waals surface area contributed by atoms with E-state index in [-0.39, 0.29) is 28.0 Å². The van der Waals surface area contributed by atoms with Crippen molar-refractivity contribution in [3.05, 3.63) is 0 Å². The van der Waals surface area contributed by atoms with Crippen LogP contribution in [0.1, 0.15) is 41.0 Å². The minimum absolute atomic E-state index is 0.0256. The maximum atomic E-state index is 11.9. The van der Waals surface area contributed by atoms with Crippen LogP contribution >= 0.6 is 11.6 Å². The average Bonchev–Trinajstić information content (AvgIpc) is 1.98. The summed E-state index contributed by atoms with van der Waals surface area (Å²) in [5, 5.41) is 0.0647. The van der Waals surface area contributed by atoms with Gasteiger partial charge in [0.1, 0.15) is 0 Å². The lowest BCUT2D eigenvalue weighted by atomic mass is 9.67. The van der Waals surface area contributed by atoms with Gasteiger partial charge in [0.05, 0.1) is 5.75 Å². The molecule has 1 saturated carbocycles. The van der Waals surface area contributed by atoms with Crippen molar-refractivity contribution >= 4 is 21.6 Å². The predicted molar refractivity (Wildman–Crippen MR) is 68.2 cm³/mol. The molecule has 0 aromatic heterocycles. The molecule has 5 heteroatoms. The minimum Gasteiger partial charge on any atom is -0.212 e. The Morgan fingerprint density at radius 3 is 2.19 bits per heavy atom. The van der Waals surface area contributed by atoms with E-state index in [2.05, 4.69) is 4.72 Å². The fraction of sp³-hybridized carbons (Fsp3) is 1.00. The summed E-state index contributed by atoms with van der Waals surface area (Å²) in [6.45, 7) is 9.75. The summed E-state index contributed by atoms with van der Waals surface area (Å²) in [5.41, 5.74) is -0.368. The van der Waals surface area contributed by atoms with Gasteiger partial charge < -0.3 is 0 Å². The third-order valence-electron chi connectivity index (χ3n) is 3.09. The van der Waals surface area contributed by atoms with Gasteiger partial charge in [0, 0.05) is 11.4 Å². The summed E-state index contributed by atoms with van der Waals surface area (Å²) in [6, 6.07) is -0.0256. The molecule has 0 heterocycles. The van der Waals surface area contributed by atoms with Crippen molar-refractivity contribution in [2.45, 2.75) is 52.5 Å². The van der Waals surface area contributed by atoms with Crippen molar-refractivity contribution in [1.29, 1.82) is 0 Å². The molecule has 0 bridgehead atoms. The molecule has 0 saturated heterocycles. The quantitative estimate of drug-likeness (QED) is 0.798. The van der Waals surface area contributed by atoms with Crippen molar-refractivity contribution in [1.82, 2.24) is 4.72 Å². The van der Waals surface area contributed by atoms with E-state index in [1.165, 1.54) is 0 Å². The zero-order valence-corrected chi connectivity index (χ0v) is 12.2. The van der Waals surface area contributed by atoms with Crippen LogP contribution in [0.3, 0.4) is 0 Å². The second kappa shape index (κ2) is 4.14. The highest BCUT2D eigenvalue weighted by Gasteiger charge is 2.48. The summed E-state index contributed by atoms with van der Waals surface area (Å²) < 4.78 is 26.5. The monoisotopic (exact) mass is 267 g/mol. The molecule has 1 aliphatic carbocycles. The molecule has 0 aliphatic heterocycles. The molecule has 1 N–H and O–H groups in total. The molecule has 96 valence electrons. The molecule has 3 nitrogen and oxygen atoms in total. The van der Waals surface area contributed by atoms with Gasteiger partial charge in [-0.3, -0.25) is 0 Å². The first kappa shape index (κ1) is 14.3. The Balaban J connectivity index is 2.63. The summed E-state index contributed by atoms with van der Waals surface area (Å²) in [4.78, 5) is 0. The molecule has 1 aliphatic rings. The summed E-state index contributed by atoms with van der Waals surface area (Å²) in [7, 11) is -3.20. The van der Waals surface area contributed by atoms with E-state index >= 15 is 0 Å². The van der Waals surface area contributed by atoms with Crippen molar-refractivity contribution in [3.63, 3.8) is 0 Å². The molecule has 0 amide bonds. The highest BCUT2D eigenvalue weighted by molar-refractivity contribution is 7.89. The first-order valence-corrected chi connectivity index (χ1v) is 7.67. The number of nitrogens with one attached hydrogen (secondary N) is 1. The lowest BCUT2D eigenvalue weighted by Gasteiger charge is -2.49. The van der Waals surface area contributed by atoms with Crippen molar-refractivity contribution < 1.29 is 8.42 Å². The van der Waals surface area contributed by atoms with Crippen LogP contribution in [0.2, 0.25) is 0 Å². The summed E-state index contributed by atoms with van der Waals surface area (Å²) in [6.07, 6.45) is 0.720. The van der Waals surface area contributed by atoms with Gasteiger partial charge in [-0.15, -0.1) is 11.6 Å². The van der Waals surface area contributed by atoms with Crippen LogP contribution in [-0.2, 0) is 10.0 Å². The number of hydrogen-bond donors (Lipinski definition) is 1. The van der Waals surface area contributed by atoms with Crippen LogP contribution in [0.4, 0.5) is 0 Å². The van der Waals surface area contributed by atoms with Gasteiger partial charge in [0.2, 0.25) is 10.0 Å². The third kappa shape index (κ3) is 3.34. The first-order valence-electron chi connectivity index (χ1n) is 5.58. The lowest BCUT2D eigenvalue weighted by molar-refractivity contribution is 0.137. The fourth-order valence-electron chi connectivity index (χ4n) is 1.90. The Morgan fingerprint density at radius 2 is 1.88 bits per heavy atom. The van der Waals surface area contributed by atoms with E-state index in [1.54, 1.807) is 0 Å². The van der Waals surface area contributed by atoms with E-state index in [9.17, 15) is 8.42 Å². The number of hydrogen-bond acceptors (Lipinski definition) is 2. The summed E-state index contributed by atoms with van der Waals surface area (Å²) in [5.74, 6) is 0.152. The largest absolute Gasteiger partial charge is 0.212 e. The topological polar surface area (TPSA) is 46.2 Å². The van der Waals surface area contributed by atoms with Gasteiger partial charge in [0.25, 0.3) is 0 Å². The van der Waals surface area contributed by atoms with Gasteiger partial charge in [-0.2, -0.15) is 0 Å². The van der Waals surface area contributed by atoms with Gasteiger partial charge in [-0.05, 0) is 17.3 Å². The van der Waals surface area contributed by atoms with Crippen molar-refractivity contribution in [2.75, 3.05) is 5.75 Å². The number of halogens is 1. The molecule has 0 aromatic carbocycles. The van der Waals surface area contributed by atoms with Crippen molar-refractivity contribution in [3.8, 4) is 0 Å². The van der Waals surface area contributed by atoms with Gasteiger partial charge >= 0.3 is 0 Å². The van der Waals surface area contributed by atoms with Gasteiger partial charge in [0.15, 0.2) is 0 Å². The average molecular weight is 268 g/mol. The molecule has 1 fully saturated rings. The molecular formula is C11H22ClNO2S. The Morgan fingerprint density at radius 1 is 1.38 bits per heavy atom. The van der Waals surface area contributed by atoms with E-state index in [1.807, 2.05) is 34.6 Å². The highest BCUT2D eigenvalue weighted by atomic mass is 35.5. The Labute approximate surface area is 104 Å². The van der Waals surface area contributed by atoms with Crippen LogP contribution in [0.25, 0.3) is 0 Å². The van der Waals surface area contributed by atoms with Gasteiger partial charge in [-0.25, -0.2) is 13.1 Å². The lowest BCUT2D eigenvalue weighted by Crippen LogP contribution is -2.59. The third-order valence-corrected chi connectivity index (χ3v) is 5.72. The number of rotatable bonds is 3. The minimum atomic E-state index is -3.20. The Kier molecular flexibility index (Phi) is 3.69. The zero-order valence-electron chi connectivity index (χ0n) is 10.7. The summed E-state index contributed by atoms with van der Waals surface area (Å²) >= 11 is 6.06. The SMILES string of the molecule is CC(C)(C)CS(=O)(=O)NC1CC(Cl)C1(C)C. The molecular weight excluding hydrogens is 246 g/mol. The molecule has 0 radical (unpaired) electrons. The molecule has 0 aromatic rings. The molecule has 2 unspecified atom stereocenters. The van der Waals surface area contributed by atoms with Crippen LogP contribution in [-0.4, -0.2) is 25.6 Å². The smallest absolute Gasteiger partial charge is 0.212 e. The normalized spacial score (nSPS) is 29.9. The maximum Gasteiger partial charge on any atom is 0.212 e. The fourth-order valence-corrected chi connectivity index (χ4v) is 4.29. The first-order chi connectivity index (χ1) is 6.94. The van der Waals surface area contributed by atoms with E-state index in [0.717, 1.165) is 6.42 Å². The van der Waals surface area contributed by atoms with Gasteiger partial charge in [-0.1, -0.05) is 34.6 Å². The van der Waals surface area contributed by atoms with Crippen LogP contribution in [0, 0.1) is 10.8 Å². The van der Waals surface area contributed by atoms with Crippen molar-refractivity contribution in [2.24, 2.45) is 10.8 Å². The highest BCUT2D eigenvalue weighted by Crippen LogP contribution is 2.44. The van der Waals surface area contributed by atoms with Crippen LogP contribution in [0.5, 0.6) is 0 Å². The number of alkyl halides is 1. The Bertz CT molecular complexity index is 357. The predicted octanol–water partition coefficient (Wildman–Crippen LogP) is 2.36. The van der Waals surface area contributed by atoms with E-state index < -0.39 is 10.0 Å². The van der Waals surface area contributed by atoms with Crippen LogP contribution < -0.4 is 4.72 Å². The maximum absolute atomic E-state index is 11.9. The molecule has 0 spiro atoms. The second-order valence-corrected chi connectivity index (χ2v) is 8.80.